The van der Waals surface area contributed by atoms with Gasteiger partial charge in [0.25, 0.3) is 0 Å². The molecule has 0 bridgehead atoms. The maximum absolute atomic E-state index is 13.2. The first-order valence-electron chi connectivity index (χ1n) is 11.9. The molecule has 0 aromatic heterocycles. The van der Waals surface area contributed by atoms with E-state index in [1.807, 2.05) is 23.1 Å². The first kappa shape index (κ1) is 24.9. The number of hydrogen-bond donors (Lipinski definition) is 0. The summed E-state index contributed by atoms with van der Waals surface area (Å²) in [4.78, 5) is 17.4. The molecule has 2 aromatic rings. The predicted molar refractivity (Wildman–Crippen MR) is 137 cm³/mol. The van der Waals surface area contributed by atoms with E-state index in [2.05, 4.69) is 29.2 Å². The van der Waals surface area contributed by atoms with Crippen molar-refractivity contribution in [2.24, 2.45) is 5.92 Å². The molecule has 0 saturated carbocycles. The molecule has 8 heteroatoms. The zero-order chi connectivity index (χ0) is 24.0. The molecule has 2 saturated heterocycles. The number of carbonyl (C=O) groups is 1. The van der Waals surface area contributed by atoms with Crippen LogP contribution in [0.15, 0.2) is 60.7 Å². The number of sulfonamides is 1. The average molecular weight is 502 g/mol. The first-order valence-corrected chi connectivity index (χ1v) is 13.8. The third-order valence-corrected chi connectivity index (χ3v) is 8.62. The Kier molecular flexibility index (Phi) is 8.42. The van der Waals surface area contributed by atoms with Crippen LogP contribution < -0.4 is 0 Å². The number of hydrogen-bond acceptors (Lipinski definition) is 4. The van der Waals surface area contributed by atoms with Crippen LogP contribution in [0.3, 0.4) is 0 Å². The predicted octanol–water partition coefficient (Wildman–Crippen LogP) is 3.74. The van der Waals surface area contributed by atoms with Crippen LogP contribution in [0.4, 0.5) is 0 Å². The Bertz CT molecular complexity index is 1080. The lowest BCUT2D eigenvalue weighted by molar-refractivity contribution is -0.138. The van der Waals surface area contributed by atoms with Crippen molar-refractivity contribution in [2.75, 3.05) is 45.8 Å². The summed E-state index contributed by atoms with van der Waals surface area (Å²) in [5.74, 6) is -0.246. The first-order chi connectivity index (χ1) is 16.4. The van der Waals surface area contributed by atoms with Gasteiger partial charge in [0.05, 0.1) is 11.7 Å². The fourth-order valence-electron chi connectivity index (χ4n) is 4.59. The number of carbonyl (C=O) groups excluding carboxylic acids is 1. The normalized spacial score (nSPS) is 20.6. The molecule has 1 atom stereocenters. The van der Waals surface area contributed by atoms with Crippen LogP contribution >= 0.6 is 11.6 Å². The van der Waals surface area contributed by atoms with Crippen molar-refractivity contribution < 1.29 is 13.2 Å². The van der Waals surface area contributed by atoms with Gasteiger partial charge in [-0.05, 0) is 36.1 Å². The molecule has 2 aliphatic rings. The monoisotopic (exact) mass is 501 g/mol. The van der Waals surface area contributed by atoms with Crippen molar-refractivity contribution >= 4 is 33.6 Å². The fourth-order valence-corrected chi connectivity index (χ4v) is 6.33. The number of rotatable bonds is 7. The minimum absolute atomic E-state index is 0.0692. The lowest BCUT2D eigenvalue weighted by Crippen LogP contribution is -2.53. The highest BCUT2D eigenvalue weighted by Crippen LogP contribution is 2.24. The molecule has 2 heterocycles. The van der Waals surface area contributed by atoms with Gasteiger partial charge in [-0.25, -0.2) is 12.7 Å². The van der Waals surface area contributed by atoms with E-state index in [9.17, 15) is 13.2 Å². The summed E-state index contributed by atoms with van der Waals surface area (Å²) in [7, 11) is -3.48. The summed E-state index contributed by atoms with van der Waals surface area (Å²) < 4.78 is 27.5. The molecule has 2 aliphatic heterocycles. The van der Waals surface area contributed by atoms with Crippen LogP contribution in [0.25, 0.3) is 6.08 Å². The number of amides is 1. The molecular formula is C26H32ClN3O3S. The van der Waals surface area contributed by atoms with E-state index >= 15 is 0 Å². The zero-order valence-electron chi connectivity index (χ0n) is 19.4. The standard InChI is InChI=1S/C26H32ClN3O3S/c27-25-12-10-23(11-13-25)21-34(32,33)30-15-5-9-24(20-30)26(31)29-18-16-28(17-19-29)14-4-8-22-6-2-1-3-7-22/h1-4,6-8,10-13,24H,5,9,14-21H2. The summed E-state index contributed by atoms with van der Waals surface area (Å²) >= 11 is 5.91. The van der Waals surface area contributed by atoms with Crippen molar-refractivity contribution in [3.63, 3.8) is 0 Å². The quantitative estimate of drug-likeness (QED) is 0.580. The van der Waals surface area contributed by atoms with E-state index in [1.165, 1.54) is 9.87 Å². The van der Waals surface area contributed by atoms with E-state index in [0.29, 0.717) is 36.6 Å². The molecule has 182 valence electrons. The van der Waals surface area contributed by atoms with Crippen molar-refractivity contribution in [2.45, 2.75) is 18.6 Å². The van der Waals surface area contributed by atoms with Crippen LogP contribution in [-0.2, 0) is 20.6 Å². The van der Waals surface area contributed by atoms with Gasteiger partial charge in [0, 0.05) is 50.8 Å². The van der Waals surface area contributed by atoms with E-state index in [0.717, 1.165) is 26.1 Å². The lowest BCUT2D eigenvalue weighted by Gasteiger charge is -2.38. The highest BCUT2D eigenvalue weighted by molar-refractivity contribution is 7.88. The van der Waals surface area contributed by atoms with E-state index in [-0.39, 0.29) is 24.1 Å². The third-order valence-electron chi connectivity index (χ3n) is 6.55. The molecule has 0 spiro atoms. The summed E-state index contributed by atoms with van der Waals surface area (Å²) in [6, 6.07) is 17.1. The van der Waals surface area contributed by atoms with E-state index < -0.39 is 10.0 Å². The maximum atomic E-state index is 13.2. The summed E-state index contributed by atoms with van der Waals surface area (Å²) in [5, 5.41) is 0.581. The second-order valence-electron chi connectivity index (χ2n) is 9.02. The molecule has 1 unspecified atom stereocenters. The molecule has 0 radical (unpaired) electrons. The van der Waals surface area contributed by atoms with Crippen LogP contribution in [-0.4, -0.2) is 74.2 Å². The highest BCUT2D eigenvalue weighted by atomic mass is 35.5. The van der Waals surface area contributed by atoms with Gasteiger partial charge in [0.15, 0.2) is 0 Å². The Labute approximate surface area is 207 Å². The van der Waals surface area contributed by atoms with Gasteiger partial charge in [-0.2, -0.15) is 0 Å². The number of nitrogens with zero attached hydrogens (tertiary/aromatic N) is 3. The Hall–Kier alpha value is -2.19. The Morgan fingerprint density at radius 1 is 0.971 bits per heavy atom. The number of benzene rings is 2. The van der Waals surface area contributed by atoms with Gasteiger partial charge < -0.3 is 4.90 Å². The van der Waals surface area contributed by atoms with E-state index in [4.69, 9.17) is 11.6 Å². The van der Waals surface area contributed by atoms with Crippen LogP contribution in [0, 0.1) is 5.92 Å². The minimum Gasteiger partial charge on any atom is -0.340 e. The Balaban J connectivity index is 1.27. The molecular weight excluding hydrogens is 470 g/mol. The topological polar surface area (TPSA) is 60.9 Å². The smallest absolute Gasteiger partial charge is 0.227 e. The largest absolute Gasteiger partial charge is 0.340 e. The SMILES string of the molecule is O=C(C1CCCN(S(=O)(=O)Cc2ccc(Cl)cc2)C1)N1CCN(CC=Cc2ccccc2)CC1. The lowest BCUT2D eigenvalue weighted by atomic mass is 9.98. The molecule has 0 N–H and O–H groups in total. The van der Waals surface area contributed by atoms with Gasteiger partial charge in [-0.1, -0.05) is 66.2 Å². The van der Waals surface area contributed by atoms with Crippen LogP contribution in [0.5, 0.6) is 0 Å². The molecule has 34 heavy (non-hydrogen) atoms. The van der Waals surface area contributed by atoms with Gasteiger partial charge in [-0.15, -0.1) is 0 Å². The summed E-state index contributed by atoms with van der Waals surface area (Å²) in [6.45, 7) is 4.64. The van der Waals surface area contributed by atoms with Crippen molar-refractivity contribution in [1.29, 1.82) is 0 Å². The minimum atomic E-state index is -3.48. The third kappa shape index (κ3) is 6.69. The van der Waals surface area contributed by atoms with Gasteiger partial charge in [-0.3, -0.25) is 9.69 Å². The number of piperazine rings is 1. The molecule has 0 aliphatic carbocycles. The summed E-state index contributed by atoms with van der Waals surface area (Å²) in [6.07, 6.45) is 5.74. The average Bonchev–Trinajstić information content (AvgIpc) is 2.86. The second kappa shape index (κ2) is 11.5. The molecule has 6 nitrogen and oxygen atoms in total. The number of piperidine rings is 1. The van der Waals surface area contributed by atoms with Gasteiger partial charge >= 0.3 is 0 Å². The van der Waals surface area contributed by atoms with Crippen LogP contribution in [0.2, 0.25) is 5.02 Å². The van der Waals surface area contributed by atoms with Gasteiger partial charge in [0.2, 0.25) is 15.9 Å². The zero-order valence-corrected chi connectivity index (χ0v) is 20.9. The number of halogens is 1. The molecule has 4 rings (SSSR count). The second-order valence-corrected chi connectivity index (χ2v) is 11.4. The molecule has 2 aromatic carbocycles. The van der Waals surface area contributed by atoms with Crippen LogP contribution in [0.1, 0.15) is 24.0 Å². The fraction of sp³-hybridized carbons (Fsp3) is 0.423. The van der Waals surface area contributed by atoms with Crippen molar-refractivity contribution in [3.8, 4) is 0 Å². The van der Waals surface area contributed by atoms with Gasteiger partial charge in [0.1, 0.15) is 0 Å². The molecule has 2 fully saturated rings. The highest BCUT2D eigenvalue weighted by Gasteiger charge is 2.35. The Morgan fingerprint density at radius 2 is 1.68 bits per heavy atom. The van der Waals surface area contributed by atoms with Crippen molar-refractivity contribution in [1.82, 2.24) is 14.1 Å². The maximum Gasteiger partial charge on any atom is 0.227 e. The Morgan fingerprint density at radius 3 is 2.38 bits per heavy atom. The van der Waals surface area contributed by atoms with E-state index in [1.54, 1.807) is 24.3 Å². The summed E-state index contributed by atoms with van der Waals surface area (Å²) in [5.41, 5.74) is 1.89. The molecule has 1 amide bonds. The van der Waals surface area contributed by atoms with Crippen molar-refractivity contribution in [3.05, 3.63) is 76.8 Å².